The number of hydrogen-bond acceptors (Lipinski definition) is 5. The van der Waals surface area contributed by atoms with Gasteiger partial charge in [0.2, 0.25) is 0 Å². The van der Waals surface area contributed by atoms with Gasteiger partial charge in [0.15, 0.2) is 0 Å². The molecule has 0 amide bonds. The predicted octanol–water partition coefficient (Wildman–Crippen LogP) is 3.14. The zero-order valence-corrected chi connectivity index (χ0v) is 15.6. The van der Waals surface area contributed by atoms with Crippen molar-refractivity contribution in [2.45, 2.75) is 51.9 Å². The third-order valence-corrected chi connectivity index (χ3v) is 4.54. The van der Waals surface area contributed by atoms with E-state index in [2.05, 4.69) is 11.8 Å². The molecule has 0 bridgehead atoms. The van der Waals surface area contributed by atoms with Crippen LogP contribution in [0.25, 0.3) is 0 Å². The number of hydrogen-bond donors (Lipinski definition) is 0. The van der Waals surface area contributed by atoms with E-state index in [1.54, 1.807) is 12.1 Å². The van der Waals surface area contributed by atoms with Crippen LogP contribution < -0.4 is 0 Å². The fourth-order valence-electron chi connectivity index (χ4n) is 3.52. The minimum atomic E-state index is -0.269. The van der Waals surface area contributed by atoms with Crippen LogP contribution in [0.15, 0.2) is 30.3 Å². The summed E-state index contributed by atoms with van der Waals surface area (Å²) < 4.78 is 17.4. The van der Waals surface area contributed by atoms with E-state index in [0.29, 0.717) is 25.4 Å². The van der Waals surface area contributed by atoms with Crippen molar-refractivity contribution in [3.63, 3.8) is 0 Å². The molecule has 1 aliphatic rings. The minimum absolute atomic E-state index is 0.0342. The first-order valence-corrected chi connectivity index (χ1v) is 9.40. The molecule has 0 aliphatic carbocycles. The van der Waals surface area contributed by atoms with Gasteiger partial charge in [0.1, 0.15) is 6.10 Å². The molecule has 140 valence electrons. The lowest BCUT2D eigenvalue weighted by molar-refractivity contribution is -0.0544. The zero-order valence-electron chi connectivity index (χ0n) is 15.6. The van der Waals surface area contributed by atoms with Crippen molar-refractivity contribution in [3.05, 3.63) is 35.9 Å². The molecule has 1 aromatic carbocycles. The number of likely N-dealkylation sites (tertiary alicyclic amines) is 1. The second-order valence-corrected chi connectivity index (χ2v) is 6.27. The van der Waals surface area contributed by atoms with Gasteiger partial charge in [-0.3, -0.25) is 4.90 Å². The maximum Gasteiger partial charge on any atom is 0.338 e. The lowest BCUT2D eigenvalue weighted by atomic mass is 10.1. The summed E-state index contributed by atoms with van der Waals surface area (Å²) in [5.74, 6) is -0.269. The first-order valence-electron chi connectivity index (χ1n) is 9.40. The van der Waals surface area contributed by atoms with Gasteiger partial charge < -0.3 is 14.2 Å². The topological polar surface area (TPSA) is 48.0 Å². The Hall–Kier alpha value is -1.43. The highest BCUT2D eigenvalue weighted by Crippen LogP contribution is 2.26. The second-order valence-electron chi connectivity index (χ2n) is 6.27. The van der Waals surface area contributed by atoms with Crippen LogP contribution in [-0.4, -0.2) is 62.0 Å². The van der Waals surface area contributed by atoms with Crippen LogP contribution in [0, 0.1) is 0 Å². The van der Waals surface area contributed by atoms with Crippen molar-refractivity contribution in [1.82, 2.24) is 4.90 Å². The van der Waals surface area contributed by atoms with Crippen molar-refractivity contribution in [1.29, 1.82) is 0 Å². The summed E-state index contributed by atoms with van der Waals surface area (Å²) in [6.45, 7) is 9.82. The zero-order chi connectivity index (χ0) is 18.1. The molecule has 0 saturated carbocycles. The predicted molar refractivity (Wildman–Crippen MR) is 97.8 cm³/mol. The monoisotopic (exact) mass is 349 g/mol. The second kappa shape index (κ2) is 10.5. The van der Waals surface area contributed by atoms with Crippen molar-refractivity contribution in [2.24, 2.45) is 0 Å². The van der Waals surface area contributed by atoms with Crippen molar-refractivity contribution in [2.75, 3.05) is 32.9 Å². The molecule has 0 aromatic heterocycles. The Kier molecular flexibility index (Phi) is 8.38. The van der Waals surface area contributed by atoms with Crippen LogP contribution in [-0.2, 0) is 14.2 Å². The Morgan fingerprint density at radius 3 is 2.48 bits per heavy atom. The lowest BCUT2D eigenvalue weighted by Gasteiger charge is -2.27. The summed E-state index contributed by atoms with van der Waals surface area (Å²) in [5.41, 5.74) is 0.591. The SMILES string of the molecule is CCCN1C[C@@H](OCC)[C@@H](OCC)[C@@H]1CCOC(=O)c1ccccc1. The maximum absolute atomic E-state index is 12.1. The number of esters is 1. The maximum atomic E-state index is 12.1. The molecule has 0 radical (unpaired) electrons. The summed E-state index contributed by atoms with van der Waals surface area (Å²) in [6, 6.07) is 9.34. The van der Waals surface area contributed by atoms with Crippen molar-refractivity contribution >= 4 is 5.97 Å². The summed E-state index contributed by atoms with van der Waals surface area (Å²) in [6.07, 6.45) is 1.96. The number of benzene rings is 1. The van der Waals surface area contributed by atoms with Crippen molar-refractivity contribution in [3.8, 4) is 0 Å². The molecule has 1 aliphatic heterocycles. The van der Waals surface area contributed by atoms with Crippen molar-refractivity contribution < 1.29 is 19.0 Å². The van der Waals surface area contributed by atoms with Crippen LogP contribution in [0.4, 0.5) is 0 Å². The highest BCUT2D eigenvalue weighted by atomic mass is 16.5. The quantitative estimate of drug-likeness (QED) is 0.607. The van der Waals surface area contributed by atoms with Gasteiger partial charge in [0, 0.05) is 25.8 Å². The van der Waals surface area contributed by atoms with Gasteiger partial charge in [-0.05, 0) is 45.4 Å². The van der Waals surface area contributed by atoms with E-state index < -0.39 is 0 Å². The third-order valence-electron chi connectivity index (χ3n) is 4.54. The van der Waals surface area contributed by atoms with Crippen LogP contribution in [0.2, 0.25) is 0 Å². The average Bonchev–Trinajstić information content (AvgIpc) is 2.94. The van der Waals surface area contributed by atoms with E-state index >= 15 is 0 Å². The lowest BCUT2D eigenvalue weighted by Crippen LogP contribution is -2.39. The standard InChI is InChI=1S/C20H31NO4/c1-4-13-21-15-18(23-5-2)19(24-6-3)17(21)12-14-25-20(22)16-10-8-7-9-11-16/h7-11,17-19H,4-6,12-15H2,1-3H3/t17-,18+,19-/m0/s1. The molecular formula is C20H31NO4. The molecule has 5 heteroatoms. The van der Waals surface area contributed by atoms with E-state index in [1.165, 1.54) is 0 Å². The normalized spacial score (nSPS) is 23.7. The average molecular weight is 349 g/mol. The van der Waals surface area contributed by atoms with E-state index in [9.17, 15) is 4.79 Å². The highest BCUT2D eigenvalue weighted by molar-refractivity contribution is 5.89. The summed E-state index contributed by atoms with van der Waals surface area (Å²) in [5, 5.41) is 0. The van der Waals surface area contributed by atoms with E-state index in [-0.39, 0.29) is 24.2 Å². The molecule has 0 unspecified atom stereocenters. The van der Waals surface area contributed by atoms with Gasteiger partial charge >= 0.3 is 5.97 Å². The van der Waals surface area contributed by atoms with Gasteiger partial charge in [-0.1, -0.05) is 25.1 Å². The number of rotatable bonds is 10. The Morgan fingerprint density at radius 2 is 1.84 bits per heavy atom. The molecule has 5 nitrogen and oxygen atoms in total. The molecule has 0 N–H and O–H groups in total. The molecule has 1 fully saturated rings. The molecular weight excluding hydrogens is 318 g/mol. The van der Waals surface area contributed by atoms with E-state index in [1.807, 2.05) is 32.0 Å². The van der Waals surface area contributed by atoms with Crippen LogP contribution in [0.5, 0.6) is 0 Å². The Balaban J connectivity index is 1.94. The minimum Gasteiger partial charge on any atom is -0.462 e. The molecule has 2 rings (SSSR count). The molecule has 0 spiro atoms. The Labute approximate surface area is 151 Å². The molecule has 3 atom stereocenters. The first kappa shape index (κ1) is 19.9. The van der Waals surface area contributed by atoms with Gasteiger partial charge in [0.05, 0.1) is 18.3 Å². The largest absolute Gasteiger partial charge is 0.462 e. The van der Waals surface area contributed by atoms with E-state index in [4.69, 9.17) is 14.2 Å². The third kappa shape index (κ3) is 5.53. The summed E-state index contributed by atoms with van der Waals surface area (Å²) in [7, 11) is 0. The van der Waals surface area contributed by atoms with Crippen LogP contribution in [0.1, 0.15) is 44.0 Å². The number of nitrogens with zero attached hydrogens (tertiary/aromatic N) is 1. The van der Waals surface area contributed by atoms with E-state index in [0.717, 1.165) is 25.9 Å². The van der Waals surface area contributed by atoms with Gasteiger partial charge in [-0.25, -0.2) is 4.79 Å². The fourth-order valence-corrected chi connectivity index (χ4v) is 3.52. The number of ether oxygens (including phenoxy) is 3. The highest BCUT2D eigenvalue weighted by Gasteiger charge is 2.42. The number of carbonyl (C=O) groups excluding carboxylic acids is 1. The van der Waals surface area contributed by atoms with Gasteiger partial charge in [0.25, 0.3) is 0 Å². The number of carbonyl (C=O) groups is 1. The smallest absolute Gasteiger partial charge is 0.338 e. The molecule has 1 aromatic rings. The molecule has 1 saturated heterocycles. The molecule has 25 heavy (non-hydrogen) atoms. The van der Waals surface area contributed by atoms with Gasteiger partial charge in [-0.2, -0.15) is 0 Å². The Morgan fingerprint density at radius 1 is 1.12 bits per heavy atom. The summed E-state index contributed by atoms with van der Waals surface area (Å²) >= 11 is 0. The van der Waals surface area contributed by atoms with Gasteiger partial charge in [-0.15, -0.1) is 0 Å². The Bertz CT molecular complexity index is 508. The fraction of sp³-hybridized carbons (Fsp3) is 0.650. The first-order chi connectivity index (χ1) is 12.2. The summed E-state index contributed by atoms with van der Waals surface area (Å²) in [4.78, 5) is 14.5. The van der Waals surface area contributed by atoms with Crippen LogP contribution in [0.3, 0.4) is 0 Å². The van der Waals surface area contributed by atoms with Crippen LogP contribution >= 0.6 is 0 Å². The molecule has 1 heterocycles.